The van der Waals surface area contributed by atoms with Crippen LogP contribution in [0.15, 0.2) is 24.3 Å². The van der Waals surface area contributed by atoms with Gasteiger partial charge in [0.1, 0.15) is 0 Å². The van der Waals surface area contributed by atoms with Gasteiger partial charge in [0.05, 0.1) is 24.3 Å². The minimum absolute atomic E-state index is 0.0172. The van der Waals surface area contributed by atoms with Crippen LogP contribution in [0.3, 0.4) is 0 Å². The molecule has 0 aromatic heterocycles. The Morgan fingerprint density at radius 2 is 2.05 bits per heavy atom. The van der Waals surface area contributed by atoms with Crippen molar-refractivity contribution in [1.82, 2.24) is 5.06 Å². The van der Waals surface area contributed by atoms with Crippen molar-refractivity contribution >= 4 is 5.91 Å². The topological polar surface area (TPSA) is 53.3 Å². The number of hydrogen-bond acceptors (Lipinski definition) is 3. The molecule has 2 aliphatic rings. The lowest BCUT2D eigenvalue weighted by molar-refractivity contribution is -0.182. The van der Waals surface area contributed by atoms with Gasteiger partial charge in [-0.25, -0.2) is 5.06 Å². The fraction of sp³-hybridized carbons (Fsp3) is 0.500. The van der Waals surface area contributed by atoms with E-state index in [9.17, 15) is 4.79 Å². The smallest absolute Gasteiger partial charge is 0.249 e. The molecule has 1 saturated heterocycles. The summed E-state index contributed by atoms with van der Waals surface area (Å²) in [7, 11) is 0. The highest BCUT2D eigenvalue weighted by Crippen LogP contribution is 2.40. The molecule has 3 rings (SSSR count). The summed E-state index contributed by atoms with van der Waals surface area (Å²) < 4.78 is 0. The van der Waals surface area contributed by atoms with Crippen LogP contribution in [0.25, 0.3) is 0 Å². The van der Waals surface area contributed by atoms with E-state index in [0.717, 1.165) is 24.8 Å². The molecule has 0 spiro atoms. The van der Waals surface area contributed by atoms with Gasteiger partial charge in [0.15, 0.2) is 0 Å². The van der Waals surface area contributed by atoms with E-state index in [1.165, 1.54) is 0 Å². The van der Waals surface area contributed by atoms with E-state index < -0.39 is 0 Å². The average molecular weight is 270 g/mol. The van der Waals surface area contributed by atoms with Crippen molar-refractivity contribution in [3.63, 3.8) is 0 Å². The Bertz CT molecular complexity index is 543. The van der Waals surface area contributed by atoms with Crippen LogP contribution in [0.4, 0.5) is 0 Å². The van der Waals surface area contributed by atoms with Crippen LogP contribution >= 0.6 is 0 Å². The maximum atomic E-state index is 12.5. The summed E-state index contributed by atoms with van der Waals surface area (Å²) in [4.78, 5) is 18.0. The molecular formula is C16H18N2O2. The Labute approximate surface area is 118 Å². The first-order chi connectivity index (χ1) is 9.70. The Kier molecular flexibility index (Phi) is 3.45. The molecule has 20 heavy (non-hydrogen) atoms. The molecular weight excluding hydrogens is 252 g/mol. The maximum Gasteiger partial charge on any atom is 0.249 e. The third-order valence-electron chi connectivity index (χ3n) is 4.27. The molecule has 2 fully saturated rings. The number of nitriles is 1. The lowest BCUT2D eigenvalue weighted by atomic mass is 10.0. The number of rotatable bonds is 3. The van der Waals surface area contributed by atoms with Gasteiger partial charge in [-0.2, -0.15) is 5.26 Å². The van der Waals surface area contributed by atoms with Crippen molar-refractivity contribution in [2.45, 2.75) is 32.2 Å². The zero-order valence-electron chi connectivity index (χ0n) is 11.6. The van der Waals surface area contributed by atoms with E-state index >= 15 is 0 Å². The van der Waals surface area contributed by atoms with Gasteiger partial charge in [-0.05, 0) is 36.5 Å². The molecule has 1 amide bonds. The lowest BCUT2D eigenvalue weighted by Crippen LogP contribution is -2.34. The fourth-order valence-electron chi connectivity index (χ4n) is 2.77. The third kappa shape index (κ3) is 2.41. The molecule has 1 saturated carbocycles. The summed E-state index contributed by atoms with van der Waals surface area (Å²) in [5.41, 5.74) is 1.68. The van der Waals surface area contributed by atoms with Crippen LogP contribution in [0.2, 0.25) is 0 Å². The van der Waals surface area contributed by atoms with Gasteiger partial charge in [0, 0.05) is 12.3 Å². The van der Waals surface area contributed by atoms with E-state index in [0.29, 0.717) is 18.1 Å². The number of amides is 1. The van der Waals surface area contributed by atoms with Gasteiger partial charge in [0.25, 0.3) is 0 Å². The van der Waals surface area contributed by atoms with Crippen molar-refractivity contribution in [3.05, 3.63) is 35.4 Å². The molecule has 1 aromatic rings. The highest BCUT2D eigenvalue weighted by molar-refractivity contribution is 5.78. The standard InChI is InChI=1S/C16H18N2O2/c1-11(13-6-7-13)16(19)18-15(8-9-20-18)14-4-2-12(10-17)3-5-14/h2-5,11,13,15H,6-9H2,1H3/t11-,15-/m0/s1. The summed E-state index contributed by atoms with van der Waals surface area (Å²) >= 11 is 0. The van der Waals surface area contributed by atoms with Crippen LogP contribution in [-0.4, -0.2) is 17.6 Å². The number of benzene rings is 1. The van der Waals surface area contributed by atoms with Gasteiger partial charge in [-0.15, -0.1) is 0 Å². The normalized spacial score (nSPS) is 23.4. The van der Waals surface area contributed by atoms with E-state index in [4.69, 9.17) is 10.1 Å². The van der Waals surface area contributed by atoms with E-state index in [1.54, 1.807) is 17.2 Å². The molecule has 1 aliphatic carbocycles. The average Bonchev–Trinajstić information content (AvgIpc) is 3.23. The van der Waals surface area contributed by atoms with Gasteiger partial charge >= 0.3 is 0 Å². The fourth-order valence-corrected chi connectivity index (χ4v) is 2.77. The highest BCUT2D eigenvalue weighted by Gasteiger charge is 2.40. The molecule has 2 atom stereocenters. The van der Waals surface area contributed by atoms with Gasteiger partial charge in [-0.3, -0.25) is 9.63 Å². The molecule has 0 N–H and O–H groups in total. The Balaban J connectivity index is 1.77. The zero-order valence-corrected chi connectivity index (χ0v) is 11.6. The first-order valence-corrected chi connectivity index (χ1v) is 7.16. The van der Waals surface area contributed by atoms with E-state index in [-0.39, 0.29) is 17.9 Å². The van der Waals surface area contributed by atoms with Crippen molar-refractivity contribution in [2.24, 2.45) is 11.8 Å². The monoisotopic (exact) mass is 270 g/mol. The van der Waals surface area contributed by atoms with Crippen molar-refractivity contribution < 1.29 is 9.63 Å². The number of hydrogen-bond donors (Lipinski definition) is 0. The van der Waals surface area contributed by atoms with Gasteiger partial charge in [-0.1, -0.05) is 19.1 Å². The minimum atomic E-state index is -0.0172. The maximum absolute atomic E-state index is 12.5. The molecule has 0 bridgehead atoms. The minimum Gasteiger partial charge on any atom is -0.272 e. The second-order valence-corrected chi connectivity index (χ2v) is 5.66. The van der Waals surface area contributed by atoms with E-state index in [1.807, 2.05) is 19.1 Å². The summed E-state index contributed by atoms with van der Waals surface area (Å²) in [5, 5.41) is 10.4. The predicted molar refractivity (Wildman–Crippen MR) is 73.2 cm³/mol. The summed E-state index contributed by atoms with van der Waals surface area (Å²) in [6.45, 7) is 2.57. The van der Waals surface area contributed by atoms with Crippen molar-refractivity contribution in [3.8, 4) is 6.07 Å². The summed E-state index contributed by atoms with van der Waals surface area (Å²) in [6, 6.07) is 9.51. The highest BCUT2D eigenvalue weighted by atomic mass is 16.7. The largest absolute Gasteiger partial charge is 0.272 e. The first-order valence-electron chi connectivity index (χ1n) is 7.16. The third-order valence-corrected chi connectivity index (χ3v) is 4.27. The molecule has 4 nitrogen and oxygen atoms in total. The van der Waals surface area contributed by atoms with Gasteiger partial charge in [0.2, 0.25) is 5.91 Å². The van der Waals surface area contributed by atoms with Crippen LogP contribution in [0.5, 0.6) is 0 Å². The number of carbonyl (C=O) groups excluding carboxylic acids is 1. The van der Waals surface area contributed by atoms with Crippen molar-refractivity contribution in [1.29, 1.82) is 5.26 Å². The van der Waals surface area contributed by atoms with Crippen LogP contribution in [0.1, 0.15) is 43.4 Å². The molecule has 1 heterocycles. The second-order valence-electron chi connectivity index (χ2n) is 5.66. The van der Waals surface area contributed by atoms with Gasteiger partial charge < -0.3 is 0 Å². The van der Waals surface area contributed by atoms with Crippen molar-refractivity contribution in [2.75, 3.05) is 6.61 Å². The molecule has 0 unspecified atom stereocenters. The molecule has 104 valence electrons. The second kappa shape index (κ2) is 5.26. The zero-order chi connectivity index (χ0) is 14.1. The number of carbonyl (C=O) groups is 1. The van der Waals surface area contributed by atoms with Crippen LogP contribution < -0.4 is 0 Å². The Morgan fingerprint density at radius 3 is 2.65 bits per heavy atom. The number of nitrogens with zero attached hydrogens (tertiary/aromatic N) is 2. The number of hydroxylamine groups is 2. The Hall–Kier alpha value is -1.86. The summed E-state index contributed by atoms with van der Waals surface area (Å²) in [5.74, 6) is 0.682. The molecule has 4 heteroatoms. The molecule has 1 aliphatic heterocycles. The Morgan fingerprint density at radius 1 is 1.35 bits per heavy atom. The predicted octanol–water partition coefficient (Wildman–Crippen LogP) is 2.81. The summed E-state index contributed by atoms with van der Waals surface area (Å²) in [6.07, 6.45) is 3.12. The lowest BCUT2D eigenvalue weighted by Gasteiger charge is -2.25. The SMILES string of the molecule is C[C@H](C(=O)N1OCC[C@H]1c1ccc(C#N)cc1)C1CC1. The molecule has 1 aromatic carbocycles. The quantitative estimate of drug-likeness (QED) is 0.848. The molecule has 0 radical (unpaired) electrons. The first kappa shape index (κ1) is 13.1. The van der Waals surface area contributed by atoms with Crippen LogP contribution in [0, 0.1) is 23.2 Å². The van der Waals surface area contributed by atoms with E-state index in [2.05, 4.69) is 6.07 Å². The van der Waals surface area contributed by atoms with Crippen LogP contribution in [-0.2, 0) is 9.63 Å².